The average Bonchev–Trinajstić information content (AvgIpc) is 3.21. The summed E-state index contributed by atoms with van der Waals surface area (Å²) in [6.45, 7) is 6.33. The number of nitrogens with zero attached hydrogens (tertiary/aromatic N) is 4. The molecular formula is C16H23N5O4S. The molecule has 0 unspecified atom stereocenters. The van der Waals surface area contributed by atoms with Crippen LogP contribution >= 0.6 is 0 Å². The van der Waals surface area contributed by atoms with Crippen LogP contribution in [-0.4, -0.2) is 65.1 Å². The molecular weight excluding hydrogens is 358 g/mol. The zero-order chi connectivity index (χ0) is 18.9. The minimum Gasteiger partial charge on any atom is -0.360 e. The van der Waals surface area contributed by atoms with E-state index in [0.717, 1.165) is 18.5 Å². The van der Waals surface area contributed by atoms with E-state index in [1.807, 2.05) is 0 Å². The number of aryl methyl sites for hydroxylation is 3. The van der Waals surface area contributed by atoms with Gasteiger partial charge >= 0.3 is 0 Å². The minimum absolute atomic E-state index is 0.119. The van der Waals surface area contributed by atoms with Crippen molar-refractivity contribution in [3.63, 3.8) is 0 Å². The predicted molar refractivity (Wildman–Crippen MR) is 93.2 cm³/mol. The molecule has 0 atom stereocenters. The molecule has 26 heavy (non-hydrogen) atoms. The summed E-state index contributed by atoms with van der Waals surface area (Å²) < 4.78 is 32.0. The van der Waals surface area contributed by atoms with Crippen LogP contribution in [0.2, 0.25) is 0 Å². The predicted octanol–water partition coefficient (Wildman–Crippen LogP) is 1.11. The Kier molecular flexibility index (Phi) is 5.15. The highest BCUT2D eigenvalue weighted by atomic mass is 32.2. The van der Waals surface area contributed by atoms with Crippen LogP contribution in [0.25, 0.3) is 0 Å². The molecule has 1 amide bonds. The largest absolute Gasteiger partial charge is 0.360 e. The van der Waals surface area contributed by atoms with E-state index in [1.54, 1.807) is 24.8 Å². The summed E-state index contributed by atoms with van der Waals surface area (Å²) in [6, 6.07) is 1.76. The number of aromatic nitrogens is 3. The van der Waals surface area contributed by atoms with Crippen LogP contribution in [-0.2, 0) is 16.4 Å². The number of hydrogen-bond acceptors (Lipinski definition) is 6. The lowest BCUT2D eigenvalue weighted by Gasteiger charge is -2.33. The highest BCUT2D eigenvalue weighted by Gasteiger charge is 2.34. The standard InChI is InChI=1S/C16H23N5O4S/c1-4-5-13-10-14(18-17-13)16(22)20-6-8-21(9-7-20)26(23,24)15-11(2)19-25-12(15)3/h10H,4-9H2,1-3H3,(H,17,18). The number of H-pyrrole nitrogens is 1. The van der Waals surface area contributed by atoms with Crippen LogP contribution in [0.15, 0.2) is 15.5 Å². The van der Waals surface area contributed by atoms with E-state index in [-0.39, 0.29) is 29.7 Å². The molecule has 1 aliphatic heterocycles. The first-order chi connectivity index (χ1) is 12.3. The van der Waals surface area contributed by atoms with Gasteiger partial charge in [0.25, 0.3) is 5.91 Å². The second-order valence-corrected chi connectivity index (χ2v) is 8.25. The molecule has 2 aromatic rings. The van der Waals surface area contributed by atoms with E-state index in [1.165, 1.54) is 4.31 Å². The highest BCUT2D eigenvalue weighted by molar-refractivity contribution is 7.89. The molecule has 0 aliphatic carbocycles. The van der Waals surface area contributed by atoms with Crippen LogP contribution in [0.1, 0.15) is 41.0 Å². The molecule has 9 nitrogen and oxygen atoms in total. The van der Waals surface area contributed by atoms with Gasteiger partial charge in [-0.25, -0.2) is 8.42 Å². The second-order valence-electron chi connectivity index (χ2n) is 6.38. The summed E-state index contributed by atoms with van der Waals surface area (Å²) in [5, 5.41) is 10.7. The number of rotatable bonds is 5. The molecule has 1 aliphatic rings. The van der Waals surface area contributed by atoms with Crippen molar-refractivity contribution in [2.75, 3.05) is 26.2 Å². The molecule has 0 spiro atoms. The monoisotopic (exact) mass is 381 g/mol. The molecule has 1 fully saturated rings. The van der Waals surface area contributed by atoms with Gasteiger partial charge in [0, 0.05) is 31.9 Å². The Morgan fingerprint density at radius 3 is 2.54 bits per heavy atom. The van der Waals surface area contributed by atoms with E-state index >= 15 is 0 Å². The van der Waals surface area contributed by atoms with Crippen molar-refractivity contribution in [1.29, 1.82) is 0 Å². The fourth-order valence-electron chi connectivity index (χ4n) is 3.13. The molecule has 0 bridgehead atoms. The average molecular weight is 381 g/mol. The van der Waals surface area contributed by atoms with Crippen molar-refractivity contribution >= 4 is 15.9 Å². The Morgan fingerprint density at radius 1 is 1.27 bits per heavy atom. The molecule has 0 radical (unpaired) electrons. The zero-order valence-electron chi connectivity index (χ0n) is 15.2. The molecule has 3 heterocycles. The van der Waals surface area contributed by atoms with Gasteiger partial charge in [0.05, 0.1) is 0 Å². The van der Waals surface area contributed by atoms with Crippen LogP contribution < -0.4 is 0 Å². The summed E-state index contributed by atoms with van der Waals surface area (Å²) in [4.78, 5) is 14.3. The summed E-state index contributed by atoms with van der Waals surface area (Å²) in [5.74, 6) is 0.0963. The van der Waals surface area contributed by atoms with Crippen molar-refractivity contribution in [2.45, 2.75) is 38.5 Å². The smallest absolute Gasteiger partial charge is 0.274 e. The molecule has 0 aromatic carbocycles. The van der Waals surface area contributed by atoms with Gasteiger partial charge < -0.3 is 9.42 Å². The third kappa shape index (κ3) is 3.38. The van der Waals surface area contributed by atoms with Crippen molar-refractivity contribution in [1.82, 2.24) is 24.6 Å². The van der Waals surface area contributed by atoms with Crippen molar-refractivity contribution in [3.8, 4) is 0 Å². The third-order valence-corrected chi connectivity index (χ3v) is 6.60. The van der Waals surface area contributed by atoms with Gasteiger partial charge in [-0.05, 0) is 26.3 Å². The van der Waals surface area contributed by atoms with Gasteiger partial charge in [-0.15, -0.1) is 0 Å². The lowest BCUT2D eigenvalue weighted by molar-refractivity contribution is 0.0692. The molecule has 2 aromatic heterocycles. The Labute approximate surface area is 152 Å². The fraction of sp³-hybridized carbons (Fsp3) is 0.562. The Morgan fingerprint density at radius 2 is 1.96 bits per heavy atom. The van der Waals surface area contributed by atoms with Crippen molar-refractivity contribution in [3.05, 3.63) is 28.9 Å². The molecule has 3 rings (SSSR count). The van der Waals surface area contributed by atoms with Gasteiger partial charge in [0.1, 0.15) is 16.3 Å². The quantitative estimate of drug-likeness (QED) is 0.830. The minimum atomic E-state index is -3.68. The number of hydrogen-bond donors (Lipinski definition) is 1. The van der Waals surface area contributed by atoms with E-state index in [2.05, 4.69) is 22.3 Å². The highest BCUT2D eigenvalue weighted by Crippen LogP contribution is 2.24. The number of sulfonamides is 1. The number of piperazine rings is 1. The molecule has 1 saturated heterocycles. The van der Waals surface area contributed by atoms with Crippen LogP contribution in [0.3, 0.4) is 0 Å². The number of aromatic amines is 1. The molecule has 10 heteroatoms. The van der Waals surface area contributed by atoms with Crippen molar-refractivity contribution < 1.29 is 17.7 Å². The maximum atomic E-state index is 12.8. The number of carbonyl (C=O) groups excluding carboxylic acids is 1. The van der Waals surface area contributed by atoms with Crippen LogP contribution in [0.4, 0.5) is 0 Å². The maximum Gasteiger partial charge on any atom is 0.274 e. The van der Waals surface area contributed by atoms with Crippen molar-refractivity contribution in [2.24, 2.45) is 0 Å². The number of amides is 1. The number of carbonyl (C=O) groups is 1. The number of nitrogens with one attached hydrogen (secondary N) is 1. The van der Waals surface area contributed by atoms with Gasteiger partial charge in [0.15, 0.2) is 5.76 Å². The Bertz CT molecular complexity index is 874. The van der Waals surface area contributed by atoms with E-state index < -0.39 is 10.0 Å². The topological polar surface area (TPSA) is 112 Å². The van der Waals surface area contributed by atoms with E-state index in [0.29, 0.717) is 24.5 Å². The summed E-state index contributed by atoms with van der Waals surface area (Å²) in [6.07, 6.45) is 1.80. The summed E-state index contributed by atoms with van der Waals surface area (Å²) in [7, 11) is -3.68. The Balaban J connectivity index is 1.68. The van der Waals surface area contributed by atoms with Crippen LogP contribution in [0.5, 0.6) is 0 Å². The lowest BCUT2D eigenvalue weighted by atomic mass is 10.2. The van der Waals surface area contributed by atoms with Crippen LogP contribution in [0, 0.1) is 13.8 Å². The lowest BCUT2D eigenvalue weighted by Crippen LogP contribution is -2.50. The SMILES string of the molecule is CCCc1cc(C(=O)N2CCN(S(=O)(=O)c3c(C)noc3C)CC2)n[nH]1. The molecule has 142 valence electrons. The van der Waals surface area contributed by atoms with E-state index in [9.17, 15) is 13.2 Å². The summed E-state index contributed by atoms with van der Waals surface area (Å²) >= 11 is 0. The van der Waals surface area contributed by atoms with Gasteiger partial charge in [-0.3, -0.25) is 9.89 Å². The fourth-order valence-corrected chi connectivity index (χ4v) is 4.85. The third-order valence-electron chi connectivity index (χ3n) is 4.46. The first kappa shape index (κ1) is 18.6. The first-order valence-corrected chi connectivity index (χ1v) is 10.0. The Hall–Kier alpha value is -2.20. The zero-order valence-corrected chi connectivity index (χ0v) is 16.0. The van der Waals surface area contributed by atoms with Gasteiger partial charge in [-0.2, -0.15) is 9.40 Å². The summed E-state index contributed by atoms with van der Waals surface area (Å²) in [5.41, 5.74) is 1.65. The molecule has 1 N–H and O–H groups in total. The van der Waals surface area contributed by atoms with E-state index in [4.69, 9.17) is 4.52 Å². The van der Waals surface area contributed by atoms with Gasteiger partial charge in [-0.1, -0.05) is 18.5 Å². The normalized spacial score (nSPS) is 16.2. The maximum absolute atomic E-state index is 12.8. The second kappa shape index (κ2) is 7.20. The molecule has 0 saturated carbocycles. The first-order valence-electron chi connectivity index (χ1n) is 8.61. The van der Waals surface area contributed by atoms with Gasteiger partial charge in [0.2, 0.25) is 10.0 Å².